The second-order valence-electron chi connectivity index (χ2n) is 7.82. The van der Waals surface area contributed by atoms with Crippen molar-refractivity contribution in [3.8, 4) is 5.75 Å². The predicted octanol–water partition coefficient (Wildman–Crippen LogP) is 6.27. The third-order valence-corrected chi connectivity index (χ3v) is 6.46. The summed E-state index contributed by atoms with van der Waals surface area (Å²) in [5, 5.41) is 4.61. The molecule has 174 valence electrons. The number of hydrogen-bond acceptors (Lipinski definition) is 5. The van der Waals surface area contributed by atoms with Crippen LogP contribution in [0.2, 0.25) is 5.02 Å². The van der Waals surface area contributed by atoms with Gasteiger partial charge in [-0.25, -0.2) is 0 Å². The van der Waals surface area contributed by atoms with Gasteiger partial charge in [-0.2, -0.15) is 0 Å². The van der Waals surface area contributed by atoms with Crippen LogP contribution in [-0.2, 0) is 9.59 Å². The molecule has 0 atom stereocenters. The normalized spacial score (nSPS) is 14.8. The van der Waals surface area contributed by atoms with Crippen LogP contribution in [0.25, 0.3) is 16.8 Å². The van der Waals surface area contributed by atoms with Gasteiger partial charge in [0.05, 0.1) is 11.5 Å². The molecule has 1 aliphatic heterocycles. The minimum absolute atomic E-state index is 0.245. The van der Waals surface area contributed by atoms with Crippen molar-refractivity contribution in [2.24, 2.45) is 0 Å². The van der Waals surface area contributed by atoms with Crippen LogP contribution in [0.3, 0.4) is 0 Å². The molecule has 3 aromatic carbocycles. The summed E-state index contributed by atoms with van der Waals surface area (Å²) in [5.41, 5.74) is 2.09. The molecular formula is C26H23ClN2O4S. The van der Waals surface area contributed by atoms with E-state index in [4.69, 9.17) is 16.3 Å². The number of carbonyl (C=O) groups is 3. The van der Waals surface area contributed by atoms with Gasteiger partial charge in [0, 0.05) is 16.3 Å². The van der Waals surface area contributed by atoms with Gasteiger partial charge in [-0.3, -0.25) is 19.3 Å². The van der Waals surface area contributed by atoms with Crippen LogP contribution in [0.5, 0.6) is 5.75 Å². The fourth-order valence-corrected chi connectivity index (χ4v) is 4.58. The highest BCUT2D eigenvalue weighted by atomic mass is 35.5. The van der Waals surface area contributed by atoms with Gasteiger partial charge in [-0.1, -0.05) is 54.9 Å². The number of ether oxygens (including phenoxy) is 1. The minimum atomic E-state index is -0.512. The van der Waals surface area contributed by atoms with Gasteiger partial charge in [-0.15, -0.1) is 0 Å². The third kappa shape index (κ3) is 5.11. The van der Waals surface area contributed by atoms with Gasteiger partial charge in [0.1, 0.15) is 12.3 Å². The summed E-state index contributed by atoms with van der Waals surface area (Å²) in [7, 11) is 0. The number of aryl methyl sites for hydroxylation is 1. The van der Waals surface area contributed by atoms with E-state index in [0.717, 1.165) is 45.0 Å². The van der Waals surface area contributed by atoms with Crippen molar-refractivity contribution in [1.29, 1.82) is 0 Å². The molecule has 1 fully saturated rings. The van der Waals surface area contributed by atoms with Crippen LogP contribution in [-0.4, -0.2) is 35.1 Å². The molecule has 34 heavy (non-hydrogen) atoms. The molecular weight excluding hydrogens is 472 g/mol. The van der Waals surface area contributed by atoms with Gasteiger partial charge in [0.25, 0.3) is 11.1 Å². The van der Waals surface area contributed by atoms with E-state index in [1.165, 1.54) is 0 Å². The maximum Gasteiger partial charge on any atom is 0.294 e. The van der Waals surface area contributed by atoms with Crippen molar-refractivity contribution in [2.45, 2.75) is 20.3 Å². The average molecular weight is 495 g/mol. The van der Waals surface area contributed by atoms with Gasteiger partial charge < -0.3 is 10.1 Å². The summed E-state index contributed by atoms with van der Waals surface area (Å²) in [6.07, 6.45) is 2.52. The predicted molar refractivity (Wildman–Crippen MR) is 137 cm³/mol. The maximum absolute atomic E-state index is 13.1. The van der Waals surface area contributed by atoms with Gasteiger partial charge >= 0.3 is 0 Å². The number of fused-ring (bicyclic) bond motifs is 1. The zero-order chi connectivity index (χ0) is 24.2. The molecule has 1 saturated heterocycles. The first-order valence-electron chi connectivity index (χ1n) is 10.8. The van der Waals surface area contributed by atoms with Crippen molar-refractivity contribution < 1.29 is 19.1 Å². The topological polar surface area (TPSA) is 75.7 Å². The van der Waals surface area contributed by atoms with E-state index in [-0.39, 0.29) is 11.4 Å². The molecule has 4 rings (SSSR count). The minimum Gasteiger partial charge on any atom is -0.493 e. The van der Waals surface area contributed by atoms with Crippen LogP contribution in [0, 0.1) is 6.92 Å². The lowest BCUT2D eigenvalue weighted by atomic mass is 10.0. The van der Waals surface area contributed by atoms with Crippen molar-refractivity contribution in [3.05, 3.63) is 75.7 Å². The number of nitrogens with zero attached hydrogens (tertiary/aromatic N) is 1. The molecule has 0 spiro atoms. The molecule has 0 saturated carbocycles. The highest BCUT2D eigenvalue weighted by Gasteiger charge is 2.36. The van der Waals surface area contributed by atoms with E-state index >= 15 is 0 Å². The van der Waals surface area contributed by atoms with Gasteiger partial charge in [0.2, 0.25) is 5.91 Å². The quantitative estimate of drug-likeness (QED) is 0.392. The van der Waals surface area contributed by atoms with E-state index in [1.807, 2.05) is 50.2 Å². The lowest BCUT2D eigenvalue weighted by Gasteiger charge is -2.14. The molecule has 0 bridgehead atoms. The first kappa shape index (κ1) is 23.9. The molecule has 0 aromatic heterocycles. The molecule has 6 nitrogen and oxygen atoms in total. The Kier molecular flexibility index (Phi) is 7.24. The number of nitrogens with one attached hydrogen (secondary N) is 1. The Morgan fingerprint density at radius 1 is 1.15 bits per heavy atom. The SMILES string of the molecule is CCCOc1ccc2ccccc2c1/C=C1\SC(=O)N(CC(=O)Nc2cc(Cl)ccc2C)C1=O. The molecule has 1 aliphatic rings. The Morgan fingerprint density at radius 2 is 1.94 bits per heavy atom. The van der Waals surface area contributed by atoms with Crippen molar-refractivity contribution in [3.63, 3.8) is 0 Å². The van der Waals surface area contributed by atoms with E-state index in [2.05, 4.69) is 5.32 Å². The number of hydrogen-bond donors (Lipinski definition) is 1. The number of thioether (sulfide) groups is 1. The van der Waals surface area contributed by atoms with E-state index in [1.54, 1.807) is 24.3 Å². The molecule has 1 heterocycles. The smallest absolute Gasteiger partial charge is 0.294 e. The number of rotatable bonds is 7. The van der Waals surface area contributed by atoms with Gasteiger partial charge in [0.15, 0.2) is 0 Å². The fraction of sp³-hybridized carbons (Fsp3) is 0.192. The number of anilines is 1. The number of benzene rings is 3. The maximum atomic E-state index is 13.1. The Balaban J connectivity index is 1.59. The Morgan fingerprint density at radius 3 is 2.74 bits per heavy atom. The van der Waals surface area contributed by atoms with Crippen molar-refractivity contribution in [2.75, 3.05) is 18.5 Å². The Hall–Kier alpha value is -3.29. The molecule has 0 aliphatic carbocycles. The first-order valence-corrected chi connectivity index (χ1v) is 12.0. The summed E-state index contributed by atoms with van der Waals surface area (Å²) in [5.74, 6) is -0.352. The highest BCUT2D eigenvalue weighted by Crippen LogP contribution is 2.37. The third-order valence-electron chi connectivity index (χ3n) is 5.32. The second kappa shape index (κ2) is 10.3. The van der Waals surface area contributed by atoms with Crippen LogP contribution in [0.15, 0.2) is 59.5 Å². The molecule has 3 aromatic rings. The average Bonchev–Trinajstić information content (AvgIpc) is 3.08. The summed E-state index contributed by atoms with van der Waals surface area (Å²) in [6, 6.07) is 16.7. The van der Waals surface area contributed by atoms with Crippen molar-refractivity contribution in [1.82, 2.24) is 4.90 Å². The number of imide groups is 1. The number of amides is 3. The van der Waals surface area contributed by atoms with E-state index < -0.39 is 17.1 Å². The fourth-order valence-electron chi connectivity index (χ4n) is 3.59. The Bertz CT molecular complexity index is 1320. The summed E-state index contributed by atoms with van der Waals surface area (Å²) in [6.45, 7) is 3.99. The molecule has 0 unspecified atom stereocenters. The largest absolute Gasteiger partial charge is 0.493 e. The zero-order valence-corrected chi connectivity index (χ0v) is 20.3. The molecule has 3 amide bonds. The molecule has 0 radical (unpaired) electrons. The standard InChI is InChI=1S/C26H23ClN2O4S/c1-3-12-33-22-11-9-17-6-4-5-7-19(17)20(22)14-23-25(31)29(26(32)34-23)15-24(30)28-21-13-18(27)10-8-16(21)2/h4-11,13-14H,3,12,15H2,1-2H3,(H,28,30)/b23-14-. The van der Waals surface area contributed by atoms with E-state index in [9.17, 15) is 14.4 Å². The summed E-state index contributed by atoms with van der Waals surface area (Å²) >= 11 is 6.82. The van der Waals surface area contributed by atoms with Crippen LogP contribution >= 0.6 is 23.4 Å². The second-order valence-corrected chi connectivity index (χ2v) is 9.25. The lowest BCUT2D eigenvalue weighted by Crippen LogP contribution is -2.36. The Labute approximate surface area is 206 Å². The van der Waals surface area contributed by atoms with Crippen LogP contribution < -0.4 is 10.1 Å². The number of carbonyl (C=O) groups excluding carboxylic acids is 3. The first-order chi connectivity index (χ1) is 16.4. The molecule has 1 N–H and O–H groups in total. The monoisotopic (exact) mass is 494 g/mol. The van der Waals surface area contributed by atoms with Crippen LogP contribution in [0.1, 0.15) is 24.5 Å². The number of halogens is 1. The van der Waals surface area contributed by atoms with Gasteiger partial charge in [-0.05, 0) is 65.7 Å². The summed E-state index contributed by atoms with van der Waals surface area (Å²) < 4.78 is 5.91. The molecule has 8 heteroatoms. The highest BCUT2D eigenvalue weighted by molar-refractivity contribution is 8.18. The zero-order valence-electron chi connectivity index (χ0n) is 18.8. The lowest BCUT2D eigenvalue weighted by molar-refractivity contribution is -0.127. The van der Waals surface area contributed by atoms with Crippen molar-refractivity contribution >= 4 is 63.0 Å². The summed E-state index contributed by atoms with van der Waals surface area (Å²) in [4.78, 5) is 39.5. The van der Waals surface area contributed by atoms with E-state index in [0.29, 0.717) is 23.1 Å². The van der Waals surface area contributed by atoms with Crippen LogP contribution in [0.4, 0.5) is 10.5 Å².